The van der Waals surface area contributed by atoms with E-state index in [0.29, 0.717) is 5.88 Å². The van der Waals surface area contributed by atoms with Crippen LogP contribution in [0.1, 0.15) is 0 Å². The van der Waals surface area contributed by atoms with E-state index < -0.39 is 0 Å². The minimum absolute atomic E-state index is 0.528. The number of aryl methyl sites for hydroxylation is 1. The Balaban J connectivity index is 2.24. The molecule has 77 valence electrons. The van der Waals surface area contributed by atoms with Crippen molar-refractivity contribution < 1.29 is 4.74 Å². The van der Waals surface area contributed by atoms with Gasteiger partial charge in [0.05, 0.1) is 10.7 Å². The molecule has 2 rings (SSSR count). The van der Waals surface area contributed by atoms with Gasteiger partial charge in [-0.15, -0.1) is 5.10 Å². The van der Waals surface area contributed by atoms with E-state index in [4.69, 9.17) is 4.74 Å². The number of nitrogens with zero attached hydrogens (tertiary/aromatic N) is 2. The minimum atomic E-state index is 0.528. The van der Waals surface area contributed by atoms with Crippen molar-refractivity contribution in [1.82, 2.24) is 9.78 Å². The van der Waals surface area contributed by atoms with Crippen molar-refractivity contribution >= 4 is 31.9 Å². The molecule has 0 aliphatic rings. The molecule has 0 fully saturated rings. The zero-order valence-electron chi connectivity index (χ0n) is 7.87. The van der Waals surface area contributed by atoms with Crippen LogP contribution in [0.3, 0.4) is 0 Å². The van der Waals surface area contributed by atoms with Crippen LogP contribution >= 0.6 is 31.9 Å². The number of benzene rings is 1. The Bertz CT molecular complexity index is 482. The maximum Gasteiger partial charge on any atom is 0.238 e. The lowest BCUT2D eigenvalue weighted by molar-refractivity contribution is 0.451. The predicted molar refractivity (Wildman–Crippen MR) is 64.0 cm³/mol. The Labute approximate surface area is 104 Å². The topological polar surface area (TPSA) is 27.1 Å². The number of hydrogen-bond donors (Lipinski definition) is 0. The van der Waals surface area contributed by atoms with Gasteiger partial charge in [-0.1, -0.05) is 15.9 Å². The van der Waals surface area contributed by atoms with Crippen molar-refractivity contribution in [3.05, 3.63) is 39.4 Å². The lowest BCUT2D eigenvalue weighted by atomic mass is 10.3. The van der Waals surface area contributed by atoms with E-state index in [1.54, 1.807) is 17.8 Å². The first-order chi connectivity index (χ1) is 7.15. The third kappa shape index (κ3) is 2.60. The number of hydrogen-bond acceptors (Lipinski definition) is 2. The van der Waals surface area contributed by atoms with E-state index in [1.165, 1.54) is 0 Å². The summed E-state index contributed by atoms with van der Waals surface area (Å²) in [5.74, 6) is 1.26. The van der Waals surface area contributed by atoms with Crippen LogP contribution in [0.4, 0.5) is 0 Å². The molecule has 0 aliphatic heterocycles. The second-order valence-electron chi connectivity index (χ2n) is 2.91. The maximum atomic E-state index is 5.55. The van der Waals surface area contributed by atoms with Gasteiger partial charge in [-0.3, -0.25) is 4.68 Å². The van der Waals surface area contributed by atoms with Crippen LogP contribution in [0.2, 0.25) is 0 Å². The molecule has 0 aliphatic carbocycles. The van der Waals surface area contributed by atoms with E-state index in [9.17, 15) is 0 Å². The average Bonchev–Trinajstić information content (AvgIpc) is 2.56. The van der Waals surface area contributed by atoms with Crippen LogP contribution in [0.25, 0.3) is 0 Å². The lowest BCUT2D eigenvalue weighted by Gasteiger charge is -2.04. The van der Waals surface area contributed by atoms with Gasteiger partial charge in [-0.25, -0.2) is 0 Å². The molecule has 0 amide bonds. The fraction of sp³-hybridized carbons (Fsp3) is 0.100. The first kappa shape index (κ1) is 10.7. The quantitative estimate of drug-likeness (QED) is 0.842. The molecule has 1 aromatic heterocycles. The Morgan fingerprint density at radius 2 is 2.20 bits per heavy atom. The zero-order valence-corrected chi connectivity index (χ0v) is 11.0. The summed E-state index contributed by atoms with van der Waals surface area (Å²) in [5, 5.41) is 4.08. The van der Waals surface area contributed by atoms with Crippen molar-refractivity contribution in [1.29, 1.82) is 0 Å². The van der Waals surface area contributed by atoms with Gasteiger partial charge in [0, 0.05) is 17.6 Å². The molecule has 1 heterocycles. The van der Waals surface area contributed by atoms with Crippen molar-refractivity contribution in [2.45, 2.75) is 0 Å². The molecule has 0 saturated carbocycles. The van der Waals surface area contributed by atoms with E-state index in [0.717, 1.165) is 14.7 Å². The fourth-order valence-electron chi connectivity index (χ4n) is 1.07. The van der Waals surface area contributed by atoms with Crippen LogP contribution < -0.4 is 4.74 Å². The molecule has 1 aromatic carbocycles. The Hall–Kier alpha value is -0.810. The smallest absolute Gasteiger partial charge is 0.238 e. The largest absolute Gasteiger partial charge is 0.436 e. The van der Waals surface area contributed by atoms with Crippen molar-refractivity contribution in [3.8, 4) is 11.6 Å². The molecular formula is C10H7Br2N2O. The molecule has 0 bridgehead atoms. The zero-order chi connectivity index (χ0) is 10.8. The van der Waals surface area contributed by atoms with Crippen LogP contribution in [-0.4, -0.2) is 9.78 Å². The SMILES string of the molecule is Cn1[c]cc(Oc2ccc(Br)cc2Br)n1. The van der Waals surface area contributed by atoms with Gasteiger partial charge in [0.1, 0.15) is 5.75 Å². The van der Waals surface area contributed by atoms with Gasteiger partial charge in [0.15, 0.2) is 0 Å². The molecule has 2 aromatic rings. The van der Waals surface area contributed by atoms with Crippen LogP contribution in [0.15, 0.2) is 33.2 Å². The third-order valence-electron chi connectivity index (χ3n) is 1.73. The molecule has 0 unspecified atom stereocenters. The molecular weight excluding hydrogens is 324 g/mol. The maximum absolute atomic E-state index is 5.55. The Morgan fingerprint density at radius 3 is 2.80 bits per heavy atom. The summed E-state index contributed by atoms with van der Waals surface area (Å²) in [6, 6.07) is 7.38. The Kier molecular flexibility index (Phi) is 3.11. The van der Waals surface area contributed by atoms with Gasteiger partial charge >= 0.3 is 0 Å². The van der Waals surface area contributed by atoms with Crippen molar-refractivity contribution in [2.75, 3.05) is 0 Å². The highest BCUT2D eigenvalue weighted by molar-refractivity contribution is 9.11. The number of aromatic nitrogens is 2. The van der Waals surface area contributed by atoms with E-state index in [-0.39, 0.29) is 0 Å². The lowest BCUT2D eigenvalue weighted by Crippen LogP contribution is -1.90. The number of halogens is 2. The van der Waals surface area contributed by atoms with E-state index >= 15 is 0 Å². The standard InChI is InChI=1S/C10H7Br2N2O/c1-14-5-4-10(13-14)15-9-3-2-7(11)6-8(9)12/h2-4,6H,1H3. The normalized spacial score (nSPS) is 10.3. The highest BCUT2D eigenvalue weighted by Gasteiger charge is 2.05. The van der Waals surface area contributed by atoms with Crippen LogP contribution in [0, 0.1) is 6.20 Å². The molecule has 15 heavy (non-hydrogen) atoms. The molecule has 0 atom stereocenters. The number of ether oxygens (including phenoxy) is 1. The van der Waals surface area contributed by atoms with Crippen LogP contribution in [-0.2, 0) is 7.05 Å². The van der Waals surface area contributed by atoms with Gasteiger partial charge < -0.3 is 4.74 Å². The summed E-state index contributed by atoms with van der Waals surface area (Å²) in [7, 11) is 1.80. The Morgan fingerprint density at radius 1 is 1.40 bits per heavy atom. The summed E-state index contributed by atoms with van der Waals surface area (Å²) in [6.45, 7) is 0. The van der Waals surface area contributed by atoms with E-state index in [2.05, 4.69) is 43.2 Å². The third-order valence-corrected chi connectivity index (χ3v) is 2.84. The molecule has 0 saturated heterocycles. The summed E-state index contributed by atoms with van der Waals surface area (Å²) in [5.41, 5.74) is 0. The number of rotatable bonds is 2. The average molecular weight is 331 g/mol. The van der Waals surface area contributed by atoms with Gasteiger partial charge in [-0.05, 0) is 34.1 Å². The first-order valence-electron chi connectivity index (χ1n) is 4.20. The van der Waals surface area contributed by atoms with Gasteiger partial charge in [0.25, 0.3) is 0 Å². The molecule has 5 heteroatoms. The van der Waals surface area contributed by atoms with Crippen LogP contribution in [0.5, 0.6) is 11.6 Å². The second-order valence-corrected chi connectivity index (χ2v) is 4.68. The molecule has 1 radical (unpaired) electrons. The van der Waals surface area contributed by atoms with Gasteiger partial charge in [-0.2, -0.15) is 0 Å². The first-order valence-corrected chi connectivity index (χ1v) is 5.78. The summed E-state index contributed by atoms with van der Waals surface area (Å²) < 4.78 is 9.00. The second kappa shape index (κ2) is 4.37. The monoisotopic (exact) mass is 329 g/mol. The van der Waals surface area contributed by atoms with E-state index in [1.807, 2.05) is 18.2 Å². The summed E-state index contributed by atoms with van der Waals surface area (Å²) >= 11 is 6.79. The van der Waals surface area contributed by atoms with Gasteiger partial charge in [0.2, 0.25) is 5.88 Å². The molecule has 3 nitrogen and oxygen atoms in total. The molecule has 0 N–H and O–H groups in total. The highest BCUT2D eigenvalue weighted by Crippen LogP contribution is 2.31. The predicted octanol–water partition coefficient (Wildman–Crippen LogP) is 3.54. The fourth-order valence-corrected chi connectivity index (χ4v) is 2.20. The van der Waals surface area contributed by atoms with Crippen molar-refractivity contribution in [3.63, 3.8) is 0 Å². The molecule has 0 spiro atoms. The highest BCUT2D eigenvalue weighted by atomic mass is 79.9. The minimum Gasteiger partial charge on any atom is -0.436 e. The summed E-state index contributed by atoms with van der Waals surface area (Å²) in [4.78, 5) is 0. The van der Waals surface area contributed by atoms with Crippen molar-refractivity contribution in [2.24, 2.45) is 7.05 Å². The summed E-state index contributed by atoms with van der Waals surface area (Å²) in [6.07, 6.45) is 2.88.